The van der Waals surface area contributed by atoms with E-state index in [9.17, 15) is 5.26 Å². The van der Waals surface area contributed by atoms with E-state index in [1.807, 2.05) is 31.2 Å². The average Bonchev–Trinajstić information content (AvgIpc) is 3.25. The van der Waals surface area contributed by atoms with Crippen molar-refractivity contribution in [1.29, 1.82) is 5.26 Å². The second-order valence-electron chi connectivity index (χ2n) is 6.82. The van der Waals surface area contributed by atoms with Gasteiger partial charge in [-0.15, -0.1) is 6.58 Å². The number of nitrogens with zero attached hydrogens (tertiary/aromatic N) is 3. The van der Waals surface area contributed by atoms with Crippen LogP contribution >= 0.6 is 0 Å². The van der Waals surface area contributed by atoms with Crippen molar-refractivity contribution in [2.24, 2.45) is 0 Å². The number of para-hydroxylation sites is 2. The van der Waals surface area contributed by atoms with E-state index in [0.717, 1.165) is 40.0 Å². The highest BCUT2D eigenvalue weighted by atomic mass is 15.1. The van der Waals surface area contributed by atoms with E-state index in [1.54, 1.807) is 0 Å². The minimum absolute atomic E-state index is 0.486. The van der Waals surface area contributed by atoms with Crippen molar-refractivity contribution in [3.8, 4) is 6.07 Å². The Morgan fingerprint density at radius 2 is 2.12 bits per heavy atom. The van der Waals surface area contributed by atoms with Crippen molar-refractivity contribution in [3.63, 3.8) is 0 Å². The number of hydrogen-bond donors (Lipinski definition) is 1. The number of aromatic nitrogens is 2. The zero-order valence-electron chi connectivity index (χ0n) is 14.5. The summed E-state index contributed by atoms with van der Waals surface area (Å²) in [4.78, 5) is 4.76. The van der Waals surface area contributed by atoms with Gasteiger partial charge < -0.3 is 5.32 Å². The molecule has 0 unspecified atom stereocenters. The molecule has 2 heterocycles. The van der Waals surface area contributed by atoms with Crippen molar-refractivity contribution in [1.82, 2.24) is 9.38 Å². The van der Waals surface area contributed by atoms with Gasteiger partial charge >= 0.3 is 0 Å². The van der Waals surface area contributed by atoms with Gasteiger partial charge in [0.25, 0.3) is 0 Å². The van der Waals surface area contributed by atoms with E-state index in [1.165, 1.54) is 25.7 Å². The van der Waals surface area contributed by atoms with E-state index >= 15 is 0 Å². The number of fused-ring (bicyclic) bond motifs is 3. The molecular formula is C21H22N4. The average molecular weight is 330 g/mol. The fourth-order valence-corrected chi connectivity index (χ4v) is 3.99. The van der Waals surface area contributed by atoms with Crippen molar-refractivity contribution in [3.05, 3.63) is 53.6 Å². The summed E-state index contributed by atoms with van der Waals surface area (Å²) in [5, 5.41) is 13.5. The van der Waals surface area contributed by atoms with Crippen LogP contribution in [0.5, 0.6) is 0 Å². The lowest BCUT2D eigenvalue weighted by Gasteiger charge is -2.21. The van der Waals surface area contributed by atoms with Crippen LogP contribution in [0.3, 0.4) is 0 Å². The zero-order chi connectivity index (χ0) is 17.4. The summed E-state index contributed by atoms with van der Waals surface area (Å²) < 4.78 is 2.14. The summed E-state index contributed by atoms with van der Waals surface area (Å²) in [6, 6.07) is 10.9. The number of nitrogens with one attached hydrogen (secondary N) is 1. The molecule has 1 aliphatic rings. The number of rotatable bonds is 4. The van der Waals surface area contributed by atoms with Gasteiger partial charge in [0.05, 0.1) is 16.6 Å². The molecule has 1 aromatic carbocycles. The molecule has 4 nitrogen and oxygen atoms in total. The van der Waals surface area contributed by atoms with Gasteiger partial charge in [-0.05, 0) is 43.9 Å². The van der Waals surface area contributed by atoms with Crippen LogP contribution in [0.1, 0.15) is 42.4 Å². The van der Waals surface area contributed by atoms with Crippen molar-refractivity contribution < 1.29 is 0 Å². The predicted octanol–water partition coefficient (Wildman–Crippen LogP) is 4.75. The van der Waals surface area contributed by atoms with Crippen LogP contribution in [-0.2, 0) is 6.42 Å². The first-order valence-electron chi connectivity index (χ1n) is 8.94. The number of anilines is 1. The Balaban J connectivity index is 2.08. The molecule has 2 aromatic heterocycles. The Morgan fingerprint density at radius 1 is 1.36 bits per heavy atom. The SMILES string of the molecule is C=CCc1c(C)c(C#N)c2nc3ccccc3n2c1NC1CCCC1. The molecule has 1 N–H and O–H groups in total. The number of imidazole rings is 1. The van der Waals surface area contributed by atoms with Crippen LogP contribution in [0, 0.1) is 18.3 Å². The predicted molar refractivity (Wildman–Crippen MR) is 102 cm³/mol. The minimum Gasteiger partial charge on any atom is -0.368 e. The third kappa shape index (κ3) is 2.47. The van der Waals surface area contributed by atoms with Gasteiger partial charge in [0.2, 0.25) is 0 Å². The fourth-order valence-electron chi connectivity index (χ4n) is 3.99. The normalized spacial score (nSPS) is 14.9. The maximum atomic E-state index is 9.76. The monoisotopic (exact) mass is 330 g/mol. The minimum atomic E-state index is 0.486. The van der Waals surface area contributed by atoms with Crippen LogP contribution in [0.4, 0.5) is 5.82 Å². The highest BCUT2D eigenvalue weighted by Gasteiger charge is 2.23. The lowest BCUT2D eigenvalue weighted by atomic mass is 10.0. The second-order valence-corrected chi connectivity index (χ2v) is 6.82. The van der Waals surface area contributed by atoms with Crippen LogP contribution in [-0.4, -0.2) is 15.4 Å². The first-order chi connectivity index (χ1) is 12.2. The van der Waals surface area contributed by atoms with Crippen LogP contribution < -0.4 is 5.32 Å². The third-order valence-electron chi connectivity index (χ3n) is 5.28. The summed E-state index contributed by atoms with van der Waals surface area (Å²) in [5.74, 6) is 1.08. The van der Waals surface area contributed by atoms with E-state index in [2.05, 4.69) is 28.4 Å². The molecule has 3 aromatic rings. The molecule has 4 heteroatoms. The van der Waals surface area contributed by atoms with E-state index in [4.69, 9.17) is 4.98 Å². The van der Waals surface area contributed by atoms with Crippen molar-refractivity contribution in [2.75, 3.05) is 5.32 Å². The largest absolute Gasteiger partial charge is 0.368 e. The summed E-state index contributed by atoms with van der Waals surface area (Å²) >= 11 is 0. The van der Waals surface area contributed by atoms with E-state index in [0.29, 0.717) is 11.6 Å². The van der Waals surface area contributed by atoms with E-state index in [-0.39, 0.29) is 0 Å². The fraction of sp³-hybridized carbons (Fsp3) is 0.333. The Labute approximate surface area is 147 Å². The maximum Gasteiger partial charge on any atom is 0.157 e. The lowest BCUT2D eigenvalue weighted by molar-refractivity contribution is 0.746. The number of pyridine rings is 1. The van der Waals surface area contributed by atoms with Crippen LogP contribution in [0.25, 0.3) is 16.7 Å². The molecule has 0 amide bonds. The lowest BCUT2D eigenvalue weighted by Crippen LogP contribution is -2.19. The van der Waals surface area contributed by atoms with Gasteiger partial charge in [0.1, 0.15) is 11.9 Å². The molecule has 0 spiro atoms. The van der Waals surface area contributed by atoms with Gasteiger partial charge in [-0.1, -0.05) is 31.1 Å². The quantitative estimate of drug-likeness (QED) is 0.702. The van der Waals surface area contributed by atoms with Crippen molar-refractivity contribution >= 4 is 22.5 Å². The molecular weight excluding hydrogens is 308 g/mol. The van der Waals surface area contributed by atoms with Gasteiger partial charge in [0.15, 0.2) is 5.65 Å². The number of benzene rings is 1. The maximum absolute atomic E-state index is 9.76. The van der Waals surface area contributed by atoms with Crippen molar-refractivity contribution in [2.45, 2.75) is 45.1 Å². The van der Waals surface area contributed by atoms with Crippen LogP contribution in [0.15, 0.2) is 36.9 Å². The van der Waals surface area contributed by atoms with Gasteiger partial charge in [-0.3, -0.25) is 4.40 Å². The summed E-state index contributed by atoms with van der Waals surface area (Å²) in [6.07, 6.45) is 7.59. The van der Waals surface area contributed by atoms with Crippen LogP contribution in [0.2, 0.25) is 0 Å². The standard InChI is InChI=1S/C21H22N4/c1-3-8-16-14(2)17(13-22)21-24-18-11-6-7-12-19(18)25(21)20(16)23-15-9-4-5-10-15/h3,6-7,11-12,15,23H,1,4-5,8-10H2,2H3. The molecule has 4 rings (SSSR count). The molecule has 1 fully saturated rings. The highest BCUT2D eigenvalue weighted by Crippen LogP contribution is 2.33. The van der Waals surface area contributed by atoms with Gasteiger partial charge in [-0.2, -0.15) is 5.26 Å². The molecule has 0 saturated heterocycles. The van der Waals surface area contributed by atoms with Gasteiger partial charge in [-0.25, -0.2) is 4.98 Å². The topological polar surface area (TPSA) is 53.1 Å². The Hall–Kier alpha value is -2.80. The number of allylic oxidation sites excluding steroid dienone is 1. The zero-order valence-corrected chi connectivity index (χ0v) is 14.5. The molecule has 126 valence electrons. The molecule has 0 radical (unpaired) electrons. The number of hydrogen-bond acceptors (Lipinski definition) is 3. The first kappa shape index (κ1) is 15.7. The molecule has 1 saturated carbocycles. The van der Waals surface area contributed by atoms with Gasteiger partial charge in [0, 0.05) is 11.6 Å². The molecule has 0 aliphatic heterocycles. The Morgan fingerprint density at radius 3 is 2.84 bits per heavy atom. The third-order valence-corrected chi connectivity index (χ3v) is 5.28. The molecule has 0 atom stereocenters. The molecule has 25 heavy (non-hydrogen) atoms. The summed E-state index contributed by atoms with van der Waals surface area (Å²) in [7, 11) is 0. The smallest absolute Gasteiger partial charge is 0.157 e. The number of nitriles is 1. The summed E-state index contributed by atoms with van der Waals surface area (Å²) in [5.41, 5.74) is 5.52. The highest BCUT2D eigenvalue weighted by molar-refractivity contribution is 5.86. The first-order valence-corrected chi connectivity index (χ1v) is 8.94. The molecule has 0 bridgehead atoms. The second kappa shape index (κ2) is 6.25. The Kier molecular flexibility index (Phi) is 3.93. The summed E-state index contributed by atoms with van der Waals surface area (Å²) in [6.45, 7) is 5.94. The molecule has 1 aliphatic carbocycles. The Bertz CT molecular complexity index is 1000. The van der Waals surface area contributed by atoms with E-state index < -0.39 is 0 Å².